The van der Waals surface area contributed by atoms with Crippen molar-refractivity contribution in [2.45, 2.75) is 77.7 Å². The van der Waals surface area contributed by atoms with Gasteiger partial charge in [0.25, 0.3) is 0 Å². The van der Waals surface area contributed by atoms with E-state index in [1.54, 1.807) is 0 Å². The second kappa shape index (κ2) is 11.7. The van der Waals surface area contributed by atoms with Crippen molar-refractivity contribution in [1.82, 2.24) is 5.32 Å². The summed E-state index contributed by atoms with van der Waals surface area (Å²) < 4.78 is 22.6. The number of rotatable bonds is 13. The minimum atomic E-state index is -2.87. The minimum Gasteiger partial charge on any atom is -0.313 e. The van der Waals surface area contributed by atoms with Crippen LogP contribution in [0, 0.1) is 0 Å². The fourth-order valence-corrected chi connectivity index (χ4v) is 3.44. The fourth-order valence-electron chi connectivity index (χ4n) is 2.42. The second-order valence-corrected chi connectivity index (χ2v) is 7.80. The van der Waals surface area contributed by atoms with Crippen LogP contribution < -0.4 is 5.32 Å². The zero-order valence-electron chi connectivity index (χ0n) is 13.1. The molecule has 0 fully saturated rings. The van der Waals surface area contributed by atoms with E-state index < -0.39 is 9.84 Å². The van der Waals surface area contributed by atoms with Gasteiger partial charge in [-0.3, -0.25) is 0 Å². The van der Waals surface area contributed by atoms with Gasteiger partial charge in [0, 0.05) is 12.3 Å². The van der Waals surface area contributed by atoms with Crippen molar-refractivity contribution in [1.29, 1.82) is 0 Å². The van der Waals surface area contributed by atoms with Gasteiger partial charge in [0.2, 0.25) is 0 Å². The van der Waals surface area contributed by atoms with Crippen LogP contribution in [0.5, 0.6) is 0 Å². The van der Waals surface area contributed by atoms with Crippen molar-refractivity contribution < 1.29 is 8.42 Å². The average Bonchev–Trinajstić information content (AvgIpc) is 2.31. The zero-order chi connectivity index (χ0) is 14.6. The molecule has 1 N–H and O–H groups in total. The summed E-state index contributed by atoms with van der Waals surface area (Å²) in [5, 5.41) is 3.28. The Kier molecular flexibility index (Phi) is 11.7. The SMILES string of the molecule is CCCCCCCCCCC(CS(C)(=O)=O)NCC. The van der Waals surface area contributed by atoms with Gasteiger partial charge < -0.3 is 5.32 Å². The van der Waals surface area contributed by atoms with Crippen molar-refractivity contribution in [2.75, 3.05) is 18.6 Å². The highest BCUT2D eigenvalue weighted by Crippen LogP contribution is 2.11. The summed E-state index contributed by atoms with van der Waals surface area (Å²) in [6.07, 6.45) is 12.7. The Morgan fingerprint density at radius 3 is 1.89 bits per heavy atom. The number of sulfone groups is 1. The van der Waals surface area contributed by atoms with E-state index >= 15 is 0 Å². The largest absolute Gasteiger partial charge is 0.313 e. The number of nitrogens with one attached hydrogen (secondary N) is 1. The first-order valence-corrected chi connectivity index (χ1v) is 9.96. The molecule has 1 unspecified atom stereocenters. The Labute approximate surface area is 120 Å². The highest BCUT2D eigenvalue weighted by atomic mass is 32.2. The quantitative estimate of drug-likeness (QED) is 0.528. The van der Waals surface area contributed by atoms with Gasteiger partial charge >= 0.3 is 0 Å². The summed E-state index contributed by atoms with van der Waals surface area (Å²) in [6, 6.07) is 0.139. The maximum Gasteiger partial charge on any atom is 0.148 e. The van der Waals surface area contributed by atoms with Gasteiger partial charge in [0.05, 0.1) is 5.75 Å². The van der Waals surface area contributed by atoms with E-state index in [-0.39, 0.29) is 11.8 Å². The van der Waals surface area contributed by atoms with Crippen LogP contribution in [-0.4, -0.2) is 33.0 Å². The lowest BCUT2D eigenvalue weighted by molar-refractivity contribution is 0.482. The molecule has 116 valence electrons. The van der Waals surface area contributed by atoms with E-state index in [9.17, 15) is 8.42 Å². The van der Waals surface area contributed by atoms with E-state index in [1.807, 2.05) is 6.92 Å². The molecular formula is C15H33NO2S. The van der Waals surface area contributed by atoms with Crippen LogP contribution in [0.2, 0.25) is 0 Å². The zero-order valence-corrected chi connectivity index (χ0v) is 13.9. The smallest absolute Gasteiger partial charge is 0.148 e. The monoisotopic (exact) mass is 291 g/mol. The molecule has 0 rings (SSSR count). The molecular weight excluding hydrogens is 258 g/mol. The van der Waals surface area contributed by atoms with E-state index in [2.05, 4.69) is 12.2 Å². The Balaban J connectivity index is 3.59. The van der Waals surface area contributed by atoms with Gasteiger partial charge in [-0.15, -0.1) is 0 Å². The van der Waals surface area contributed by atoms with Crippen molar-refractivity contribution in [3.63, 3.8) is 0 Å². The molecule has 3 nitrogen and oxygen atoms in total. The van der Waals surface area contributed by atoms with Crippen LogP contribution >= 0.6 is 0 Å². The van der Waals surface area contributed by atoms with Gasteiger partial charge in [-0.25, -0.2) is 8.42 Å². The maximum atomic E-state index is 11.3. The molecule has 0 aromatic heterocycles. The third-order valence-corrected chi connectivity index (χ3v) is 4.41. The molecule has 0 heterocycles. The van der Waals surface area contributed by atoms with E-state index in [4.69, 9.17) is 0 Å². The summed E-state index contributed by atoms with van der Waals surface area (Å²) in [7, 11) is -2.87. The maximum absolute atomic E-state index is 11.3. The molecule has 0 aromatic rings. The number of hydrogen-bond donors (Lipinski definition) is 1. The van der Waals surface area contributed by atoms with Crippen LogP contribution in [0.1, 0.15) is 71.6 Å². The molecule has 4 heteroatoms. The van der Waals surface area contributed by atoms with Gasteiger partial charge in [0.15, 0.2) is 0 Å². The third kappa shape index (κ3) is 14.1. The van der Waals surface area contributed by atoms with E-state index in [0.717, 1.165) is 19.4 Å². The highest BCUT2D eigenvalue weighted by molar-refractivity contribution is 7.90. The minimum absolute atomic E-state index is 0.139. The molecule has 0 aliphatic carbocycles. The fraction of sp³-hybridized carbons (Fsp3) is 1.00. The van der Waals surface area contributed by atoms with E-state index in [0.29, 0.717) is 0 Å². The molecule has 0 bridgehead atoms. The molecule has 0 aliphatic heterocycles. The lowest BCUT2D eigenvalue weighted by Crippen LogP contribution is -2.35. The molecule has 0 amide bonds. The molecule has 0 aromatic carbocycles. The molecule has 0 saturated heterocycles. The van der Waals surface area contributed by atoms with Gasteiger partial charge in [-0.05, 0) is 13.0 Å². The third-order valence-electron chi connectivity index (χ3n) is 3.40. The van der Waals surface area contributed by atoms with Gasteiger partial charge in [0.1, 0.15) is 9.84 Å². The van der Waals surface area contributed by atoms with Gasteiger partial charge in [-0.1, -0.05) is 65.2 Å². The van der Waals surface area contributed by atoms with Crippen molar-refractivity contribution in [3.8, 4) is 0 Å². The van der Waals surface area contributed by atoms with Crippen molar-refractivity contribution in [2.24, 2.45) is 0 Å². The summed E-state index contributed by atoms with van der Waals surface area (Å²) in [6.45, 7) is 5.11. The summed E-state index contributed by atoms with van der Waals surface area (Å²) in [4.78, 5) is 0. The predicted octanol–water partition coefficient (Wildman–Crippen LogP) is 3.54. The lowest BCUT2D eigenvalue weighted by Gasteiger charge is -2.16. The standard InChI is InChI=1S/C15H33NO2S/c1-4-6-7-8-9-10-11-12-13-15(16-5-2)14-19(3,17)18/h15-16H,4-14H2,1-3H3. The highest BCUT2D eigenvalue weighted by Gasteiger charge is 2.13. The second-order valence-electron chi connectivity index (χ2n) is 5.61. The molecule has 0 spiro atoms. The Morgan fingerprint density at radius 2 is 1.42 bits per heavy atom. The van der Waals surface area contributed by atoms with Crippen LogP contribution in [0.15, 0.2) is 0 Å². The molecule has 0 saturated carbocycles. The van der Waals surface area contributed by atoms with Gasteiger partial charge in [-0.2, -0.15) is 0 Å². The summed E-state index contributed by atoms with van der Waals surface area (Å²) in [5.74, 6) is 0.275. The van der Waals surface area contributed by atoms with E-state index in [1.165, 1.54) is 51.2 Å². The molecule has 1 atom stereocenters. The first kappa shape index (κ1) is 18.9. The molecule has 0 radical (unpaired) electrons. The molecule has 0 aliphatic rings. The normalized spacial score (nSPS) is 13.6. The average molecular weight is 292 g/mol. The van der Waals surface area contributed by atoms with Crippen LogP contribution in [-0.2, 0) is 9.84 Å². The first-order chi connectivity index (χ1) is 8.99. The predicted molar refractivity (Wildman–Crippen MR) is 84.4 cm³/mol. The van der Waals surface area contributed by atoms with Crippen molar-refractivity contribution in [3.05, 3.63) is 0 Å². The lowest BCUT2D eigenvalue weighted by atomic mass is 10.1. The van der Waals surface area contributed by atoms with Crippen LogP contribution in [0.4, 0.5) is 0 Å². The van der Waals surface area contributed by atoms with Crippen LogP contribution in [0.3, 0.4) is 0 Å². The summed E-state index contributed by atoms with van der Waals surface area (Å²) in [5.41, 5.74) is 0. The number of unbranched alkanes of at least 4 members (excludes halogenated alkanes) is 7. The first-order valence-electron chi connectivity index (χ1n) is 7.90. The Bertz CT molecular complexity index is 289. The summed E-state index contributed by atoms with van der Waals surface area (Å²) >= 11 is 0. The topological polar surface area (TPSA) is 46.2 Å². The van der Waals surface area contributed by atoms with Crippen molar-refractivity contribution >= 4 is 9.84 Å². The Hall–Kier alpha value is -0.0900. The Morgan fingerprint density at radius 1 is 0.895 bits per heavy atom. The number of hydrogen-bond acceptors (Lipinski definition) is 3. The molecule has 19 heavy (non-hydrogen) atoms. The van der Waals surface area contributed by atoms with Crippen LogP contribution in [0.25, 0.3) is 0 Å².